The van der Waals surface area contributed by atoms with E-state index in [0.717, 1.165) is 18.4 Å². The lowest BCUT2D eigenvalue weighted by Crippen LogP contribution is -2.54. The van der Waals surface area contributed by atoms with E-state index < -0.39 is 0 Å². The molecular formula is C11H21N3. The van der Waals surface area contributed by atoms with Crippen molar-refractivity contribution in [2.45, 2.75) is 45.1 Å². The SMILES string of the molecule is C[C@@H]1CCN(C(=N)N)[C@H]2CCCC[C@H]12. The maximum atomic E-state index is 7.58. The van der Waals surface area contributed by atoms with Crippen LogP contribution in [0.1, 0.15) is 39.0 Å². The molecule has 0 unspecified atom stereocenters. The lowest BCUT2D eigenvalue weighted by molar-refractivity contribution is 0.0726. The minimum Gasteiger partial charge on any atom is -0.370 e. The Kier molecular flexibility index (Phi) is 2.66. The number of hydrogen-bond acceptors (Lipinski definition) is 1. The van der Waals surface area contributed by atoms with Gasteiger partial charge in [-0.15, -0.1) is 0 Å². The summed E-state index contributed by atoms with van der Waals surface area (Å²) >= 11 is 0. The molecule has 0 aromatic heterocycles. The summed E-state index contributed by atoms with van der Waals surface area (Å²) in [5.74, 6) is 1.91. The molecular weight excluding hydrogens is 174 g/mol. The predicted octanol–water partition coefficient (Wildman–Crippen LogP) is 1.78. The van der Waals surface area contributed by atoms with Crippen LogP contribution in [0.2, 0.25) is 0 Å². The van der Waals surface area contributed by atoms with Crippen LogP contribution in [0.25, 0.3) is 0 Å². The molecule has 2 fully saturated rings. The van der Waals surface area contributed by atoms with Crippen molar-refractivity contribution in [3.8, 4) is 0 Å². The van der Waals surface area contributed by atoms with Crippen LogP contribution in [0.3, 0.4) is 0 Å². The van der Waals surface area contributed by atoms with Crippen molar-refractivity contribution in [1.82, 2.24) is 4.90 Å². The summed E-state index contributed by atoms with van der Waals surface area (Å²) in [6.07, 6.45) is 6.49. The van der Waals surface area contributed by atoms with E-state index >= 15 is 0 Å². The Labute approximate surface area is 86.2 Å². The third-order valence-corrected chi connectivity index (χ3v) is 4.05. The number of fused-ring (bicyclic) bond motifs is 1. The van der Waals surface area contributed by atoms with Gasteiger partial charge in [0, 0.05) is 12.6 Å². The fraction of sp³-hybridized carbons (Fsp3) is 0.909. The first-order valence-corrected chi connectivity index (χ1v) is 5.81. The largest absolute Gasteiger partial charge is 0.370 e. The molecule has 14 heavy (non-hydrogen) atoms. The third-order valence-electron chi connectivity index (χ3n) is 4.05. The monoisotopic (exact) mass is 195 g/mol. The maximum Gasteiger partial charge on any atom is 0.188 e. The van der Waals surface area contributed by atoms with Crippen LogP contribution in [0.5, 0.6) is 0 Å². The predicted molar refractivity (Wildman–Crippen MR) is 58.1 cm³/mol. The molecule has 3 atom stereocenters. The molecule has 0 spiro atoms. The highest BCUT2D eigenvalue weighted by molar-refractivity contribution is 5.75. The number of hydrogen-bond donors (Lipinski definition) is 2. The summed E-state index contributed by atoms with van der Waals surface area (Å²) in [6.45, 7) is 3.36. The van der Waals surface area contributed by atoms with Gasteiger partial charge in [-0.2, -0.15) is 0 Å². The number of guanidine groups is 1. The van der Waals surface area contributed by atoms with Crippen LogP contribution in [-0.2, 0) is 0 Å². The van der Waals surface area contributed by atoms with Gasteiger partial charge in [0.15, 0.2) is 5.96 Å². The topological polar surface area (TPSA) is 53.1 Å². The van der Waals surface area contributed by atoms with E-state index in [4.69, 9.17) is 11.1 Å². The first-order valence-electron chi connectivity index (χ1n) is 5.81. The van der Waals surface area contributed by atoms with Crippen LogP contribution in [0, 0.1) is 17.2 Å². The maximum absolute atomic E-state index is 7.58. The molecule has 2 rings (SSSR count). The van der Waals surface area contributed by atoms with Crippen LogP contribution >= 0.6 is 0 Å². The average Bonchev–Trinajstić information content (AvgIpc) is 2.18. The number of likely N-dealkylation sites (tertiary alicyclic amines) is 1. The third kappa shape index (κ3) is 1.60. The van der Waals surface area contributed by atoms with Gasteiger partial charge in [0.25, 0.3) is 0 Å². The number of nitrogens with zero attached hydrogens (tertiary/aromatic N) is 1. The van der Waals surface area contributed by atoms with Crippen LogP contribution in [-0.4, -0.2) is 23.4 Å². The molecule has 0 aromatic rings. The normalized spacial score (nSPS) is 37.8. The first-order chi connectivity index (χ1) is 6.70. The number of nitrogens with one attached hydrogen (secondary N) is 1. The summed E-state index contributed by atoms with van der Waals surface area (Å²) in [5.41, 5.74) is 5.63. The quantitative estimate of drug-likeness (QED) is 0.457. The van der Waals surface area contributed by atoms with Gasteiger partial charge in [-0.05, 0) is 31.1 Å². The molecule has 1 heterocycles. The molecule has 1 saturated heterocycles. The minimum atomic E-state index is 0.286. The van der Waals surface area contributed by atoms with Crippen molar-refractivity contribution in [2.75, 3.05) is 6.54 Å². The molecule has 0 aromatic carbocycles. The molecule has 3 N–H and O–H groups in total. The summed E-state index contributed by atoms with van der Waals surface area (Å²) in [6, 6.07) is 0.574. The van der Waals surface area contributed by atoms with Gasteiger partial charge in [-0.1, -0.05) is 19.8 Å². The van der Waals surface area contributed by atoms with Gasteiger partial charge in [0.1, 0.15) is 0 Å². The Morgan fingerprint density at radius 2 is 2.00 bits per heavy atom. The van der Waals surface area contributed by atoms with Crippen molar-refractivity contribution in [3.05, 3.63) is 0 Å². The zero-order chi connectivity index (χ0) is 10.1. The van der Waals surface area contributed by atoms with E-state index in [0.29, 0.717) is 6.04 Å². The van der Waals surface area contributed by atoms with Gasteiger partial charge < -0.3 is 10.6 Å². The molecule has 3 heteroatoms. The van der Waals surface area contributed by atoms with Gasteiger partial charge in [-0.25, -0.2) is 0 Å². The highest BCUT2D eigenvalue weighted by atomic mass is 15.3. The Bertz CT molecular complexity index is 227. The standard InChI is InChI=1S/C11H21N3/c1-8-6-7-14(11(12)13)10-5-3-2-4-9(8)10/h8-10H,2-7H2,1H3,(H3,12,13)/t8-,9-,10+/m1/s1. The zero-order valence-corrected chi connectivity index (χ0v) is 9.00. The lowest BCUT2D eigenvalue weighted by Gasteiger charge is -2.47. The van der Waals surface area contributed by atoms with Crippen molar-refractivity contribution in [1.29, 1.82) is 5.41 Å². The molecule has 1 aliphatic heterocycles. The summed E-state index contributed by atoms with van der Waals surface area (Å²) in [7, 11) is 0. The Hall–Kier alpha value is -0.730. The van der Waals surface area contributed by atoms with E-state index in [-0.39, 0.29) is 5.96 Å². The second-order valence-corrected chi connectivity index (χ2v) is 4.86. The number of piperidine rings is 1. The van der Waals surface area contributed by atoms with E-state index in [1.165, 1.54) is 32.1 Å². The molecule has 0 bridgehead atoms. The van der Waals surface area contributed by atoms with E-state index in [1.807, 2.05) is 0 Å². The van der Waals surface area contributed by atoms with Crippen LogP contribution in [0.15, 0.2) is 0 Å². The highest BCUT2D eigenvalue weighted by Crippen LogP contribution is 2.38. The van der Waals surface area contributed by atoms with Crippen molar-refractivity contribution >= 4 is 5.96 Å². The number of rotatable bonds is 0. The van der Waals surface area contributed by atoms with E-state index in [2.05, 4.69) is 11.8 Å². The zero-order valence-electron chi connectivity index (χ0n) is 9.00. The lowest BCUT2D eigenvalue weighted by atomic mass is 9.73. The molecule has 0 radical (unpaired) electrons. The van der Waals surface area contributed by atoms with Crippen LogP contribution in [0.4, 0.5) is 0 Å². The Morgan fingerprint density at radius 3 is 2.71 bits per heavy atom. The smallest absolute Gasteiger partial charge is 0.188 e. The second kappa shape index (κ2) is 3.79. The fourth-order valence-electron chi connectivity index (χ4n) is 3.21. The highest BCUT2D eigenvalue weighted by Gasteiger charge is 2.37. The van der Waals surface area contributed by atoms with Crippen LogP contribution < -0.4 is 5.73 Å². The molecule has 80 valence electrons. The van der Waals surface area contributed by atoms with Gasteiger partial charge in [0.2, 0.25) is 0 Å². The van der Waals surface area contributed by atoms with Crippen molar-refractivity contribution in [2.24, 2.45) is 17.6 Å². The minimum absolute atomic E-state index is 0.286. The summed E-state index contributed by atoms with van der Waals surface area (Å²) < 4.78 is 0. The van der Waals surface area contributed by atoms with Gasteiger partial charge in [0.05, 0.1) is 0 Å². The van der Waals surface area contributed by atoms with Crippen molar-refractivity contribution < 1.29 is 0 Å². The molecule has 0 amide bonds. The molecule has 1 saturated carbocycles. The van der Waals surface area contributed by atoms with Gasteiger partial charge in [-0.3, -0.25) is 5.41 Å². The van der Waals surface area contributed by atoms with E-state index in [9.17, 15) is 0 Å². The Balaban J connectivity index is 2.12. The number of nitrogens with two attached hydrogens (primary N) is 1. The first kappa shape index (κ1) is 9.81. The molecule has 3 nitrogen and oxygen atoms in total. The second-order valence-electron chi connectivity index (χ2n) is 4.86. The summed E-state index contributed by atoms with van der Waals surface area (Å²) in [4.78, 5) is 2.13. The van der Waals surface area contributed by atoms with E-state index in [1.54, 1.807) is 0 Å². The molecule has 2 aliphatic rings. The van der Waals surface area contributed by atoms with Gasteiger partial charge >= 0.3 is 0 Å². The fourth-order valence-corrected chi connectivity index (χ4v) is 3.21. The average molecular weight is 195 g/mol. The molecule has 1 aliphatic carbocycles. The summed E-state index contributed by atoms with van der Waals surface area (Å²) in [5, 5.41) is 7.58. The van der Waals surface area contributed by atoms with Crippen molar-refractivity contribution in [3.63, 3.8) is 0 Å². The Morgan fingerprint density at radius 1 is 1.29 bits per heavy atom.